The van der Waals surface area contributed by atoms with E-state index in [1.165, 1.54) is 19.6 Å². The van der Waals surface area contributed by atoms with Gasteiger partial charge in [0, 0.05) is 0 Å². The van der Waals surface area contributed by atoms with Gasteiger partial charge in [-0.05, 0) is 19.6 Å². The van der Waals surface area contributed by atoms with Crippen LogP contribution < -0.4 is 0 Å². The second-order valence-corrected chi connectivity index (χ2v) is 3.75. The van der Waals surface area contributed by atoms with Crippen molar-refractivity contribution in [1.82, 2.24) is 4.90 Å². The van der Waals surface area contributed by atoms with Crippen molar-refractivity contribution in [2.24, 2.45) is 0 Å². The molecule has 7 heteroatoms. The Bertz CT molecular complexity index is 163. The van der Waals surface area contributed by atoms with E-state index in [9.17, 15) is 4.57 Å². The molecule has 1 N–H and O–H groups in total. The van der Waals surface area contributed by atoms with Crippen molar-refractivity contribution >= 4 is 15.5 Å². The first kappa shape index (κ1) is 13.1. The number of hydrogen-bond acceptors (Lipinski definition) is 4. The van der Waals surface area contributed by atoms with Crippen molar-refractivity contribution in [1.29, 1.82) is 0 Å². The van der Waals surface area contributed by atoms with Crippen LogP contribution in [0.4, 0.5) is 0 Å². The topological polar surface area (TPSA) is 59.0 Å². The van der Waals surface area contributed by atoms with E-state index in [-0.39, 0.29) is 0 Å². The third-order valence-electron chi connectivity index (χ3n) is 1.69. The Balaban J connectivity index is 0.000000223. The molecular weight excluding hydrogens is 192 g/mol. The van der Waals surface area contributed by atoms with E-state index in [1.54, 1.807) is 0 Å². The Kier molecular flexibility index (Phi) is 6.64. The maximum absolute atomic E-state index is 9.75. The van der Waals surface area contributed by atoms with E-state index >= 15 is 0 Å². The highest BCUT2D eigenvalue weighted by molar-refractivity contribution is 7.52. The van der Waals surface area contributed by atoms with Gasteiger partial charge in [0.05, 0.1) is 0 Å². The maximum atomic E-state index is 9.75. The van der Waals surface area contributed by atoms with Crippen molar-refractivity contribution in [2.45, 2.75) is 20.8 Å². The highest BCUT2D eigenvalue weighted by Crippen LogP contribution is 2.49. The molecule has 1 radical (unpaired) electrons. The van der Waals surface area contributed by atoms with Gasteiger partial charge >= 0.3 is 15.5 Å². The van der Waals surface area contributed by atoms with Gasteiger partial charge in [0.1, 0.15) is 0 Å². The molecule has 0 aliphatic carbocycles. The van der Waals surface area contributed by atoms with Gasteiger partial charge in [0.15, 0.2) is 0 Å². The largest absolute Gasteiger partial charge is 0.505 e. The summed E-state index contributed by atoms with van der Waals surface area (Å²) in [4.78, 5) is 10.4. The first-order chi connectivity index (χ1) is 6.05. The maximum Gasteiger partial charge on any atom is 0.505 e. The fourth-order valence-electron chi connectivity index (χ4n) is 0.787. The van der Waals surface area contributed by atoms with Crippen LogP contribution in [0.2, 0.25) is 0 Å². The van der Waals surface area contributed by atoms with Crippen LogP contribution in [0, 0.1) is 0 Å². The summed E-state index contributed by atoms with van der Waals surface area (Å²) in [6.45, 7) is 10.1. The van der Waals surface area contributed by atoms with E-state index in [4.69, 9.17) is 4.89 Å². The lowest BCUT2D eigenvalue weighted by atomic mass is 10.4. The van der Waals surface area contributed by atoms with Gasteiger partial charge in [-0.2, -0.15) is 0 Å². The highest BCUT2D eigenvalue weighted by Gasteiger charge is 2.32. The lowest BCUT2D eigenvalue weighted by molar-refractivity contribution is 0.222. The summed E-state index contributed by atoms with van der Waals surface area (Å²) in [6, 6.07) is 0. The van der Waals surface area contributed by atoms with Crippen LogP contribution in [0.5, 0.6) is 0 Å². The van der Waals surface area contributed by atoms with Crippen molar-refractivity contribution in [3.63, 3.8) is 0 Å². The van der Waals surface area contributed by atoms with Gasteiger partial charge in [-0.1, -0.05) is 20.8 Å². The molecule has 0 aromatic heterocycles. The summed E-state index contributed by atoms with van der Waals surface area (Å²) >= 11 is 0. The molecule has 5 nitrogen and oxygen atoms in total. The fourth-order valence-corrected chi connectivity index (χ4v) is 1.02. The molecule has 0 spiro atoms. The lowest BCUT2D eigenvalue weighted by Crippen LogP contribution is -2.21. The minimum Gasteiger partial charge on any atom is -0.320 e. The third-order valence-corrected chi connectivity index (χ3v) is 2.40. The molecule has 0 unspecified atom stereocenters. The second-order valence-electron chi connectivity index (χ2n) is 2.40. The van der Waals surface area contributed by atoms with Crippen molar-refractivity contribution in [2.75, 3.05) is 19.6 Å². The molecule has 0 saturated carbocycles. The molecule has 0 amide bonds. The quantitative estimate of drug-likeness (QED) is 0.554. The third kappa shape index (κ3) is 6.24. The summed E-state index contributed by atoms with van der Waals surface area (Å²) in [7, 11) is -2.70. The Morgan fingerprint density at radius 2 is 1.54 bits per heavy atom. The summed E-state index contributed by atoms with van der Waals surface area (Å²) < 4.78 is 17.5. The zero-order valence-corrected chi connectivity index (χ0v) is 9.16. The predicted molar refractivity (Wildman–Crippen MR) is 51.2 cm³/mol. The minimum absolute atomic E-state index is 0.820. The predicted octanol–water partition coefficient (Wildman–Crippen LogP) is 1.02. The van der Waals surface area contributed by atoms with Gasteiger partial charge in [-0.3, -0.25) is 0 Å². The molecule has 1 saturated heterocycles. The van der Waals surface area contributed by atoms with E-state index in [2.05, 4.69) is 34.6 Å². The standard InChI is InChI=1S/C6H15N.BHO4P/c1-4-7(5-2)6-3;2-6(3)4-1-5-6/h4-6H2,1-3H3;(H,2,3). The number of hydrogen-bond donors (Lipinski definition) is 1. The molecule has 0 bridgehead atoms. The van der Waals surface area contributed by atoms with Gasteiger partial charge in [-0.25, -0.2) is 4.57 Å². The molecule has 0 aromatic carbocycles. The van der Waals surface area contributed by atoms with Gasteiger partial charge in [-0.15, -0.1) is 0 Å². The molecule has 1 fully saturated rings. The zero-order valence-electron chi connectivity index (χ0n) is 8.27. The molecule has 1 aliphatic rings. The van der Waals surface area contributed by atoms with Crippen molar-refractivity contribution in [3.05, 3.63) is 0 Å². The van der Waals surface area contributed by atoms with E-state index < -0.39 is 7.82 Å². The van der Waals surface area contributed by atoms with E-state index in [0.717, 1.165) is 7.69 Å². The van der Waals surface area contributed by atoms with E-state index in [0.29, 0.717) is 0 Å². The van der Waals surface area contributed by atoms with Crippen molar-refractivity contribution < 1.29 is 18.3 Å². The minimum atomic E-state index is -3.52. The SMILES string of the molecule is CCN(CC)CC.O=P1(O)O[B]O1. The van der Waals surface area contributed by atoms with Gasteiger partial charge in [0.25, 0.3) is 0 Å². The van der Waals surface area contributed by atoms with Gasteiger partial charge in [0.2, 0.25) is 0 Å². The van der Waals surface area contributed by atoms with Crippen LogP contribution in [-0.4, -0.2) is 37.1 Å². The average molecular weight is 208 g/mol. The monoisotopic (exact) mass is 208 g/mol. The summed E-state index contributed by atoms with van der Waals surface area (Å²) in [5.41, 5.74) is 0. The molecule has 0 atom stereocenters. The Labute approximate surface area is 80.0 Å². The summed E-state index contributed by atoms with van der Waals surface area (Å²) in [6.07, 6.45) is 0. The number of rotatable bonds is 3. The van der Waals surface area contributed by atoms with Crippen LogP contribution >= 0.6 is 7.82 Å². The second kappa shape index (κ2) is 6.57. The Morgan fingerprint density at radius 3 is 1.54 bits per heavy atom. The average Bonchev–Trinajstić information content (AvgIpc) is 2.06. The number of phosphoric acid groups is 1. The van der Waals surface area contributed by atoms with Crippen LogP contribution in [0.1, 0.15) is 20.8 Å². The molecule has 1 heterocycles. The number of nitrogens with zero attached hydrogens (tertiary/aromatic N) is 1. The highest BCUT2D eigenvalue weighted by atomic mass is 31.2. The van der Waals surface area contributed by atoms with E-state index in [1.807, 2.05) is 0 Å². The Hall–Kier alpha value is 0.135. The molecule has 0 aromatic rings. The molecule has 1 aliphatic heterocycles. The molecule has 77 valence electrons. The van der Waals surface area contributed by atoms with Crippen molar-refractivity contribution in [3.8, 4) is 0 Å². The van der Waals surface area contributed by atoms with Gasteiger partial charge < -0.3 is 18.7 Å². The van der Waals surface area contributed by atoms with Crippen LogP contribution in [0.25, 0.3) is 0 Å². The van der Waals surface area contributed by atoms with Crippen LogP contribution in [-0.2, 0) is 13.4 Å². The van der Waals surface area contributed by atoms with Crippen LogP contribution in [0.3, 0.4) is 0 Å². The molecule has 1 rings (SSSR count). The zero-order chi connectivity index (χ0) is 10.3. The summed E-state index contributed by atoms with van der Waals surface area (Å²) in [5.74, 6) is 0. The Morgan fingerprint density at radius 1 is 1.23 bits per heavy atom. The normalized spacial score (nSPS) is 18.2. The molecule has 13 heavy (non-hydrogen) atoms. The lowest BCUT2D eigenvalue weighted by Gasteiger charge is -2.17. The first-order valence-electron chi connectivity index (χ1n) is 4.29. The fraction of sp³-hybridized carbons (Fsp3) is 1.00. The smallest absolute Gasteiger partial charge is 0.320 e. The molecular formula is C6H16BNO4P. The summed E-state index contributed by atoms with van der Waals surface area (Å²) in [5, 5.41) is 0. The first-order valence-corrected chi connectivity index (χ1v) is 5.78. The van der Waals surface area contributed by atoms with Crippen LogP contribution in [0.15, 0.2) is 0 Å².